The van der Waals surface area contributed by atoms with E-state index in [1.54, 1.807) is 0 Å². The van der Waals surface area contributed by atoms with Crippen molar-refractivity contribution in [2.24, 2.45) is 0 Å². The lowest BCUT2D eigenvalue weighted by molar-refractivity contribution is -0.117. The Balaban J connectivity index is 1.47. The van der Waals surface area contributed by atoms with Crippen LogP contribution in [0.5, 0.6) is 5.75 Å². The van der Waals surface area contributed by atoms with E-state index in [2.05, 4.69) is 49.6 Å². The molecule has 4 rings (SSSR count). The maximum absolute atomic E-state index is 12.1. The summed E-state index contributed by atoms with van der Waals surface area (Å²) in [4.78, 5) is 13.9. The summed E-state index contributed by atoms with van der Waals surface area (Å²) in [6, 6.07) is 12.4. The van der Waals surface area contributed by atoms with Crippen LogP contribution in [0.2, 0.25) is 0 Å². The Labute approximate surface area is 183 Å². The highest BCUT2D eigenvalue weighted by molar-refractivity contribution is 7.80. The van der Waals surface area contributed by atoms with E-state index in [1.165, 1.54) is 5.56 Å². The fourth-order valence-electron chi connectivity index (χ4n) is 4.35. The second-order valence-electron chi connectivity index (χ2n) is 8.91. The van der Waals surface area contributed by atoms with Crippen molar-refractivity contribution in [3.05, 3.63) is 53.1 Å². The number of rotatable bonds is 3. The standard InChI is InChI=1S/C24H29N3O2S/c1-15-7-9-18-19(14-24(3,4)29-21(18)12-15)26-23(30)25-17-8-10-20(16(2)13-17)27-11-5-6-22(27)28/h7-10,12-13,19H,5-6,11,14H2,1-4H3,(H2,25,26,30)/t19-/m1/s1. The fourth-order valence-corrected chi connectivity index (χ4v) is 4.61. The Morgan fingerprint density at radius 3 is 2.70 bits per heavy atom. The Bertz CT molecular complexity index is 1000. The third kappa shape index (κ3) is 4.29. The number of carbonyl (C=O) groups is 1. The lowest BCUT2D eigenvalue weighted by Gasteiger charge is -2.38. The van der Waals surface area contributed by atoms with Crippen molar-refractivity contribution in [1.29, 1.82) is 0 Å². The summed E-state index contributed by atoms with van der Waals surface area (Å²) in [6.07, 6.45) is 2.38. The number of hydrogen-bond acceptors (Lipinski definition) is 3. The van der Waals surface area contributed by atoms with Gasteiger partial charge in [0.2, 0.25) is 5.91 Å². The van der Waals surface area contributed by atoms with Gasteiger partial charge in [-0.15, -0.1) is 0 Å². The zero-order chi connectivity index (χ0) is 21.5. The number of hydrogen-bond donors (Lipinski definition) is 2. The highest BCUT2D eigenvalue weighted by Gasteiger charge is 2.34. The van der Waals surface area contributed by atoms with E-state index in [1.807, 2.05) is 30.0 Å². The van der Waals surface area contributed by atoms with Crippen LogP contribution in [-0.2, 0) is 4.79 Å². The molecule has 0 unspecified atom stereocenters. The van der Waals surface area contributed by atoms with Crippen molar-refractivity contribution in [3.63, 3.8) is 0 Å². The summed E-state index contributed by atoms with van der Waals surface area (Å²) in [5, 5.41) is 7.35. The predicted octanol–water partition coefficient (Wildman–Crippen LogP) is 5.02. The number of amides is 1. The zero-order valence-electron chi connectivity index (χ0n) is 18.0. The number of nitrogens with zero attached hydrogens (tertiary/aromatic N) is 1. The third-order valence-corrected chi connectivity index (χ3v) is 5.97. The summed E-state index contributed by atoms with van der Waals surface area (Å²) in [5.74, 6) is 1.12. The lowest BCUT2D eigenvalue weighted by atomic mass is 9.89. The van der Waals surface area contributed by atoms with Crippen LogP contribution in [0.15, 0.2) is 36.4 Å². The van der Waals surface area contributed by atoms with Crippen LogP contribution in [0, 0.1) is 13.8 Å². The number of thiocarbonyl (C=S) groups is 1. The molecule has 2 N–H and O–H groups in total. The van der Waals surface area contributed by atoms with Crippen LogP contribution in [0.1, 0.15) is 55.8 Å². The molecule has 0 saturated carbocycles. The quantitative estimate of drug-likeness (QED) is 0.679. The van der Waals surface area contributed by atoms with Gasteiger partial charge in [0.25, 0.3) is 0 Å². The first-order valence-corrected chi connectivity index (χ1v) is 10.9. The SMILES string of the molecule is Cc1ccc2c(c1)OC(C)(C)C[C@H]2NC(=S)Nc1ccc(N2CCCC2=O)c(C)c1. The molecule has 0 aliphatic carbocycles. The van der Waals surface area contributed by atoms with Crippen molar-refractivity contribution in [1.82, 2.24) is 5.32 Å². The minimum Gasteiger partial charge on any atom is -0.487 e. The van der Waals surface area contributed by atoms with Crippen molar-refractivity contribution < 1.29 is 9.53 Å². The molecule has 6 heteroatoms. The van der Waals surface area contributed by atoms with Crippen molar-refractivity contribution in [3.8, 4) is 5.75 Å². The van der Waals surface area contributed by atoms with Crippen LogP contribution < -0.4 is 20.3 Å². The van der Waals surface area contributed by atoms with Gasteiger partial charge < -0.3 is 20.3 Å². The summed E-state index contributed by atoms with van der Waals surface area (Å²) in [7, 11) is 0. The van der Waals surface area contributed by atoms with Crippen molar-refractivity contribution >= 4 is 34.6 Å². The van der Waals surface area contributed by atoms with E-state index in [0.717, 1.165) is 47.6 Å². The maximum Gasteiger partial charge on any atom is 0.227 e. The minimum atomic E-state index is -0.269. The van der Waals surface area contributed by atoms with Gasteiger partial charge in [0, 0.05) is 36.3 Å². The van der Waals surface area contributed by atoms with Crippen LogP contribution in [0.25, 0.3) is 0 Å². The smallest absolute Gasteiger partial charge is 0.227 e. The summed E-state index contributed by atoms with van der Waals surface area (Å²) < 4.78 is 6.18. The van der Waals surface area contributed by atoms with Crippen LogP contribution in [-0.4, -0.2) is 23.2 Å². The van der Waals surface area contributed by atoms with E-state index >= 15 is 0 Å². The molecule has 1 fully saturated rings. The number of aryl methyl sites for hydroxylation is 2. The molecule has 0 radical (unpaired) electrons. The molecule has 2 aliphatic rings. The van der Waals surface area contributed by atoms with Crippen LogP contribution >= 0.6 is 12.2 Å². The average molecular weight is 424 g/mol. The normalized spacial score (nSPS) is 19.8. The Morgan fingerprint density at radius 1 is 1.20 bits per heavy atom. The first kappa shape index (κ1) is 20.7. The number of ether oxygens (including phenoxy) is 1. The lowest BCUT2D eigenvalue weighted by Crippen LogP contribution is -2.42. The molecular formula is C24H29N3O2S. The number of anilines is 2. The van der Waals surface area contributed by atoms with Gasteiger partial charge >= 0.3 is 0 Å². The van der Waals surface area contributed by atoms with Gasteiger partial charge in [-0.2, -0.15) is 0 Å². The fraction of sp³-hybridized carbons (Fsp3) is 0.417. The molecule has 2 heterocycles. The minimum absolute atomic E-state index is 0.0759. The van der Waals surface area contributed by atoms with Gasteiger partial charge in [-0.05, 0) is 81.7 Å². The molecule has 0 spiro atoms. The van der Waals surface area contributed by atoms with Gasteiger partial charge in [-0.1, -0.05) is 12.1 Å². The largest absolute Gasteiger partial charge is 0.487 e. The second kappa shape index (κ2) is 7.91. The highest BCUT2D eigenvalue weighted by atomic mass is 32.1. The molecule has 1 amide bonds. The van der Waals surface area contributed by atoms with Crippen LogP contribution in [0.3, 0.4) is 0 Å². The molecule has 2 aromatic carbocycles. The molecule has 5 nitrogen and oxygen atoms in total. The van der Waals surface area contributed by atoms with Gasteiger partial charge in [0.15, 0.2) is 5.11 Å². The maximum atomic E-state index is 12.1. The van der Waals surface area contributed by atoms with Crippen molar-refractivity contribution in [2.75, 3.05) is 16.8 Å². The van der Waals surface area contributed by atoms with Crippen LogP contribution in [0.4, 0.5) is 11.4 Å². The molecule has 0 bridgehead atoms. The molecule has 2 aliphatic heterocycles. The Morgan fingerprint density at radius 2 is 2.00 bits per heavy atom. The van der Waals surface area contributed by atoms with E-state index in [4.69, 9.17) is 17.0 Å². The monoisotopic (exact) mass is 423 g/mol. The van der Waals surface area contributed by atoms with E-state index in [0.29, 0.717) is 11.5 Å². The summed E-state index contributed by atoms with van der Waals surface area (Å²) in [6.45, 7) is 9.10. The van der Waals surface area contributed by atoms with Gasteiger partial charge in [-0.25, -0.2) is 0 Å². The molecule has 30 heavy (non-hydrogen) atoms. The predicted molar refractivity (Wildman–Crippen MR) is 125 cm³/mol. The van der Waals surface area contributed by atoms with E-state index in [-0.39, 0.29) is 17.6 Å². The molecular weight excluding hydrogens is 394 g/mol. The van der Waals surface area contributed by atoms with E-state index < -0.39 is 0 Å². The highest BCUT2D eigenvalue weighted by Crippen LogP contribution is 2.40. The van der Waals surface area contributed by atoms with Gasteiger partial charge in [-0.3, -0.25) is 4.79 Å². The number of carbonyl (C=O) groups excluding carboxylic acids is 1. The van der Waals surface area contributed by atoms with Gasteiger partial charge in [0.05, 0.1) is 6.04 Å². The summed E-state index contributed by atoms with van der Waals surface area (Å²) in [5.41, 5.74) is 5.00. The first-order chi connectivity index (χ1) is 14.2. The van der Waals surface area contributed by atoms with E-state index in [9.17, 15) is 4.79 Å². The average Bonchev–Trinajstić information content (AvgIpc) is 3.06. The second-order valence-corrected chi connectivity index (χ2v) is 9.32. The zero-order valence-corrected chi connectivity index (χ0v) is 18.9. The Hall–Kier alpha value is -2.60. The third-order valence-electron chi connectivity index (χ3n) is 5.75. The van der Waals surface area contributed by atoms with Crippen molar-refractivity contribution in [2.45, 2.75) is 58.6 Å². The number of fused-ring (bicyclic) bond motifs is 1. The molecule has 0 aromatic heterocycles. The number of nitrogens with one attached hydrogen (secondary N) is 2. The summed E-state index contributed by atoms with van der Waals surface area (Å²) >= 11 is 5.62. The Kier molecular flexibility index (Phi) is 5.45. The molecule has 1 saturated heterocycles. The molecule has 158 valence electrons. The molecule has 2 aromatic rings. The molecule has 1 atom stereocenters. The first-order valence-electron chi connectivity index (χ1n) is 10.5. The topological polar surface area (TPSA) is 53.6 Å². The number of benzene rings is 2. The van der Waals surface area contributed by atoms with Gasteiger partial charge in [0.1, 0.15) is 11.4 Å².